The molecule has 0 radical (unpaired) electrons. The lowest BCUT2D eigenvalue weighted by Crippen LogP contribution is -2.47. The van der Waals surface area contributed by atoms with Crippen molar-refractivity contribution >= 4 is 5.69 Å². The van der Waals surface area contributed by atoms with Crippen LogP contribution in [-0.2, 0) is 6.42 Å². The molecular formula is C15H19FN2O. The van der Waals surface area contributed by atoms with Crippen LogP contribution in [0.5, 0.6) is 5.75 Å². The fraction of sp³-hybridized carbons (Fsp3) is 0.467. The summed E-state index contributed by atoms with van der Waals surface area (Å²) in [4.78, 5) is 2.02. The van der Waals surface area contributed by atoms with Gasteiger partial charge in [0.05, 0.1) is 18.8 Å². The fourth-order valence-electron chi connectivity index (χ4n) is 2.85. The van der Waals surface area contributed by atoms with Gasteiger partial charge < -0.3 is 15.0 Å². The van der Waals surface area contributed by atoms with Gasteiger partial charge in [-0.25, -0.2) is 4.39 Å². The first-order valence-corrected chi connectivity index (χ1v) is 6.78. The molecule has 0 aliphatic carbocycles. The summed E-state index contributed by atoms with van der Waals surface area (Å²) in [6.45, 7) is 8.16. The van der Waals surface area contributed by atoms with Gasteiger partial charge in [-0.05, 0) is 31.4 Å². The summed E-state index contributed by atoms with van der Waals surface area (Å²) in [6, 6.07) is 3.74. The zero-order chi connectivity index (χ0) is 13.4. The average molecular weight is 262 g/mol. The minimum Gasteiger partial charge on any atom is -0.493 e. The van der Waals surface area contributed by atoms with Crippen molar-refractivity contribution in [2.75, 3.05) is 24.6 Å². The first-order chi connectivity index (χ1) is 9.13. The van der Waals surface area contributed by atoms with Crippen LogP contribution < -0.4 is 15.0 Å². The van der Waals surface area contributed by atoms with Crippen LogP contribution in [0.2, 0.25) is 0 Å². The Hall–Kier alpha value is -1.71. The van der Waals surface area contributed by atoms with Crippen LogP contribution in [0, 0.1) is 5.82 Å². The Balaban J connectivity index is 1.93. The van der Waals surface area contributed by atoms with Crippen molar-refractivity contribution in [3.63, 3.8) is 0 Å². The highest BCUT2D eigenvalue weighted by atomic mass is 19.1. The number of ether oxygens (including phenoxy) is 1. The van der Waals surface area contributed by atoms with Gasteiger partial charge in [0.15, 0.2) is 0 Å². The Labute approximate surface area is 113 Å². The minimum atomic E-state index is -0.161. The van der Waals surface area contributed by atoms with Crippen molar-refractivity contribution in [3.8, 4) is 5.75 Å². The molecular weight excluding hydrogens is 243 g/mol. The highest BCUT2D eigenvalue weighted by molar-refractivity contribution is 5.56. The van der Waals surface area contributed by atoms with Crippen LogP contribution in [0.4, 0.5) is 10.1 Å². The SMILES string of the molecule is C=C1CN(c2cc3c(cc2F)CCCO3)CC(C)N1. The third-order valence-corrected chi connectivity index (χ3v) is 3.65. The number of halogens is 1. The number of aryl methyl sites for hydroxylation is 1. The molecule has 0 saturated carbocycles. The topological polar surface area (TPSA) is 24.5 Å². The molecule has 2 aliphatic heterocycles. The summed E-state index contributed by atoms with van der Waals surface area (Å²) < 4.78 is 19.9. The second kappa shape index (κ2) is 4.76. The van der Waals surface area contributed by atoms with Gasteiger partial charge in [-0.15, -0.1) is 0 Å². The number of nitrogens with one attached hydrogen (secondary N) is 1. The third kappa shape index (κ3) is 2.39. The Bertz CT molecular complexity index is 515. The maximum Gasteiger partial charge on any atom is 0.147 e. The molecule has 2 heterocycles. The molecule has 3 rings (SSSR count). The first-order valence-electron chi connectivity index (χ1n) is 6.78. The molecule has 1 atom stereocenters. The lowest BCUT2D eigenvalue weighted by atomic mass is 10.0. The Morgan fingerprint density at radius 2 is 2.32 bits per heavy atom. The number of hydrogen-bond acceptors (Lipinski definition) is 3. The van der Waals surface area contributed by atoms with Crippen LogP contribution in [-0.4, -0.2) is 25.7 Å². The molecule has 3 nitrogen and oxygen atoms in total. The van der Waals surface area contributed by atoms with Crippen LogP contribution >= 0.6 is 0 Å². The van der Waals surface area contributed by atoms with Gasteiger partial charge in [-0.2, -0.15) is 0 Å². The van der Waals surface area contributed by atoms with Gasteiger partial charge >= 0.3 is 0 Å². The van der Waals surface area contributed by atoms with Crippen molar-refractivity contribution in [2.24, 2.45) is 0 Å². The predicted molar refractivity (Wildman–Crippen MR) is 74.2 cm³/mol. The lowest BCUT2D eigenvalue weighted by Gasteiger charge is -2.36. The summed E-state index contributed by atoms with van der Waals surface area (Å²) in [7, 11) is 0. The maximum atomic E-state index is 14.3. The molecule has 0 bridgehead atoms. The summed E-state index contributed by atoms with van der Waals surface area (Å²) in [5.74, 6) is 0.672. The van der Waals surface area contributed by atoms with E-state index >= 15 is 0 Å². The molecule has 1 N–H and O–H groups in total. The number of anilines is 1. The normalized spacial score (nSPS) is 22.5. The van der Waals surface area contributed by atoms with Gasteiger partial charge in [0.2, 0.25) is 0 Å². The van der Waals surface area contributed by atoms with E-state index in [1.54, 1.807) is 6.07 Å². The van der Waals surface area contributed by atoms with Crippen LogP contribution in [0.3, 0.4) is 0 Å². The molecule has 4 heteroatoms. The molecule has 2 aliphatic rings. The molecule has 0 amide bonds. The van der Waals surface area contributed by atoms with Gasteiger partial charge in [0, 0.05) is 24.4 Å². The molecule has 1 fully saturated rings. The van der Waals surface area contributed by atoms with E-state index in [2.05, 4.69) is 18.8 Å². The molecule has 1 unspecified atom stereocenters. The fourth-order valence-corrected chi connectivity index (χ4v) is 2.85. The molecule has 19 heavy (non-hydrogen) atoms. The number of hydrogen-bond donors (Lipinski definition) is 1. The molecule has 102 valence electrons. The van der Waals surface area contributed by atoms with Crippen molar-refractivity contribution in [1.29, 1.82) is 0 Å². The van der Waals surface area contributed by atoms with E-state index < -0.39 is 0 Å². The zero-order valence-electron chi connectivity index (χ0n) is 11.2. The zero-order valence-corrected chi connectivity index (χ0v) is 11.2. The van der Waals surface area contributed by atoms with Crippen molar-refractivity contribution in [3.05, 3.63) is 35.8 Å². The number of fused-ring (bicyclic) bond motifs is 1. The summed E-state index contributed by atoms with van der Waals surface area (Å²) in [5.41, 5.74) is 2.53. The van der Waals surface area contributed by atoms with E-state index in [0.717, 1.165) is 43.0 Å². The average Bonchev–Trinajstić information content (AvgIpc) is 2.36. The maximum absolute atomic E-state index is 14.3. The third-order valence-electron chi connectivity index (χ3n) is 3.65. The molecule has 1 saturated heterocycles. The molecule has 0 aromatic heterocycles. The summed E-state index contributed by atoms with van der Waals surface area (Å²) in [5, 5.41) is 3.27. The van der Waals surface area contributed by atoms with E-state index in [4.69, 9.17) is 4.74 Å². The highest BCUT2D eigenvalue weighted by Gasteiger charge is 2.23. The monoisotopic (exact) mass is 262 g/mol. The highest BCUT2D eigenvalue weighted by Crippen LogP contribution is 2.33. The van der Waals surface area contributed by atoms with E-state index in [0.29, 0.717) is 12.2 Å². The van der Waals surface area contributed by atoms with Gasteiger partial charge in [-0.3, -0.25) is 0 Å². The van der Waals surface area contributed by atoms with Gasteiger partial charge in [-0.1, -0.05) is 6.58 Å². The number of rotatable bonds is 1. The Kier molecular flexibility index (Phi) is 3.09. The largest absolute Gasteiger partial charge is 0.493 e. The number of piperazine rings is 1. The predicted octanol–water partition coefficient (Wildman–Crippen LogP) is 2.46. The standard InChI is InChI=1S/C15H19FN2O/c1-10-8-18(9-11(2)17-10)14-7-15-12(6-13(14)16)4-3-5-19-15/h6-7,11,17H,1,3-5,8-9H2,2H3. The smallest absolute Gasteiger partial charge is 0.147 e. The minimum absolute atomic E-state index is 0.161. The van der Waals surface area contributed by atoms with E-state index in [-0.39, 0.29) is 11.9 Å². The second-order valence-corrected chi connectivity index (χ2v) is 5.39. The summed E-state index contributed by atoms with van der Waals surface area (Å²) >= 11 is 0. The molecule has 0 spiro atoms. The molecule has 1 aromatic rings. The number of nitrogens with zero attached hydrogens (tertiary/aromatic N) is 1. The first kappa shape index (κ1) is 12.3. The van der Waals surface area contributed by atoms with Crippen LogP contribution in [0.1, 0.15) is 18.9 Å². The van der Waals surface area contributed by atoms with Gasteiger partial charge in [0.25, 0.3) is 0 Å². The van der Waals surface area contributed by atoms with Gasteiger partial charge in [0.1, 0.15) is 11.6 Å². The van der Waals surface area contributed by atoms with Crippen LogP contribution in [0.25, 0.3) is 0 Å². The van der Waals surface area contributed by atoms with E-state index in [9.17, 15) is 4.39 Å². The van der Waals surface area contributed by atoms with Crippen molar-refractivity contribution in [1.82, 2.24) is 5.32 Å². The van der Waals surface area contributed by atoms with Crippen molar-refractivity contribution in [2.45, 2.75) is 25.8 Å². The quantitative estimate of drug-likeness (QED) is 0.841. The summed E-state index contributed by atoms with van der Waals surface area (Å²) in [6.07, 6.45) is 1.87. The van der Waals surface area contributed by atoms with Crippen molar-refractivity contribution < 1.29 is 9.13 Å². The second-order valence-electron chi connectivity index (χ2n) is 5.39. The molecule has 1 aromatic carbocycles. The Morgan fingerprint density at radius 1 is 1.47 bits per heavy atom. The lowest BCUT2D eigenvalue weighted by molar-refractivity contribution is 0.287. The van der Waals surface area contributed by atoms with E-state index in [1.807, 2.05) is 11.0 Å². The Morgan fingerprint density at radius 3 is 3.11 bits per heavy atom. The number of benzene rings is 1. The van der Waals surface area contributed by atoms with Crippen LogP contribution in [0.15, 0.2) is 24.4 Å². The van der Waals surface area contributed by atoms with E-state index in [1.165, 1.54) is 0 Å².